The van der Waals surface area contributed by atoms with Gasteiger partial charge in [-0.3, -0.25) is 9.59 Å². The smallest absolute Gasteiger partial charge is 0.246 e. The summed E-state index contributed by atoms with van der Waals surface area (Å²) in [5, 5.41) is 2.79. The Bertz CT molecular complexity index is 331. The molecule has 20 heavy (non-hydrogen) atoms. The topological polar surface area (TPSA) is 58.6 Å². The number of methoxy groups -OCH3 is 1. The summed E-state index contributed by atoms with van der Waals surface area (Å²) in [6.45, 7) is 7.69. The first-order chi connectivity index (χ1) is 9.49. The monoisotopic (exact) mass is 284 g/mol. The fourth-order valence-electron chi connectivity index (χ4n) is 2.65. The van der Waals surface area contributed by atoms with Crippen LogP contribution in [0, 0.1) is 11.8 Å². The number of likely N-dealkylation sites (tertiary alicyclic amines) is 1. The van der Waals surface area contributed by atoms with Gasteiger partial charge in [-0.2, -0.15) is 0 Å². The van der Waals surface area contributed by atoms with Crippen molar-refractivity contribution in [2.45, 2.75) is 46.1 Å². The Morgan fingerprint density at radius 2 is 2.10 bits per heavy atom. The van der Waals surface area contributed by atoms with Gasteiger partial charge >= 0.3 is 0 Å². The molecule has 1 fully saturated rings. The van der Waals surface area contributed by atoms with E-state index in [0.717, 1.165) is 25.9 Å². The molecule has 1 saturated heterocycles. The van der Waals surface area contributed by atoms with E-state index in [-0.39, 0.29) is 24.3 Å². The lowest BCUT2D eigenvalue weighted by atomic mass is 9.94. The van der Waals surface area contributed by atoms with Gasteiger partial charge in [-0.25, -0.2) is 0 Å². The zero-order valence-electron chi connectivity index (χ0n) is 13.1. The van der Waals surface area contributed by atoms with Gasteiger partial charge in [0.25, 0.3) is 0 Å². The summed E-state index contributed by atoms with van der Waals surface area (Å²) >= 11 is 0. The van der Waals surface area contributed by atoms with Crippen molar-refractivity contribution in [2.24, 2.45) is 11.8 Å². The van der Waals surface area contributed by atoms with Gasteiger partial charge < -0.3 is 15.0 Å². The Hall–Kier alpha value is -1.10. The molecule has 2 amide bonds. The van der Waals surface area contributed by atoms with Gasteiger partial charge in [0.05, 0.1) is 0 Å². The fourth-order valence-corrected chi connectivity index (χ4v) is 2.65. The molecule has 5 heteroatoms. The van der Waals surface area contributed by atoms with E-state index in [0.29, 0.717) is 5.92 Å². The van der Waals surface area contributed by atoms with Gasteiger partial charge in [0.1, 0.15) is 12.6 Å². The van der Waals surface area contributed by atoms with Crippen molar-refractivity contribution in [3.8, 4) is 0 Å². The second kappa shape index (κ2) is 8.25. The van der Waals surface area contributed by atoms with Gasteiger partial charge in [0, 0.05) is 20.2 Å². The van der Waals surface area contributed by atoms with Crippen LogP contribution < -0.4 is 5.32 Å². The number of nitrogens with zero attached hydrogens (tertiary/aromatic N) is 1. The van der Waals surface area contributed by atoms with E-state index in [4.69, 9.17) is 4.74 Å². The Morgan fingerprint density at radius 3 is 2.65 bits per heavy atom. The number of carbonyl (C=O) groups is 2. The molecule has 0 aromatic heterocycles. The molecule has 0 bridgehead atoms. The van der Waals surface area contributed by atoms with Crippen LogP contribution in [0.5, 0.6) is 0 Å². The molecule has 0 spiro atoms. The molecule has 0 aliphatic carbocycles. The molecule has 116 valence electrons. The van der Waals surface area contributed by atoms with Crippen molar-refractivity contribution in [3.63, 3.8) is 0 Å². The molecule has 0 saturated carbocycles. The van der Waals surface area contributed by atoms with E-state index >= 15 is 0 Å². The van der Waals surface area contributed by atoms with E-state index in [1.54, 1.807) is 0 Å². The lowest BCUT2D eigenvalue weighted by Crippen LogP contribution is -2.54. The first-order valence-electron chi connectivity index (χ1n) is 7.56. The number of amides is 2. The Balaban J connectivity index is 2.65. The maximum absolute atomic E-state index is 12.6. The van der Waals surface area contributed by atoms with Crippen molar-refractivity contribution in [1.82, 2.24) is 10.2 Å². The van der Waals surface area contributed by atoms with E-state index in [1.165, 1.54) is 13.5 Å². The van der Waals surface area contributed by atoms with Crippen LogP contribution in [-0.4, -0.2) is 49.6 Å². The number of rotatable bonds is 6. The van der Waals surface area contributed by atoms with Crippen LogP contribution in [0.4, 0.5) is 0 Å². The predicted molar refractivity (Wildman–Crippen MR) is 78.2 cm³/mol. The summed E-state index contributed by atoms with van der Waals surface area (Å²) in [6, 6.07) is -0.451. The number of ether oxygens (including phenoxy) is 1. The average Bonchev–Trinajstić information content (AvgIpc) is 2.44. The summed E-state index contributed by atoms with van der Waals surface area (Å²) in [4.78, 5) is 26.2. The summed E-state index contributed by atoms with van der Waals surface area (Å²) < 4.78 is 4.81. The molecule has 0 aromatic carbocycles. The number of hydrogen-bond donors (Lipinski definition) is 1. The molecule has 1 aliphatic heterocycles. The van der Waals surface area contributed by atoms with E-state index < -0.39 is 6.04 Å². The second-order valence-corrected chi connectivity index (χ2v) is 5.92. The third-order valence-electron chi connectivity index (χ3n) is 3.93. The Labute approximate surface area is 122 Å². The Morgan fingerprint density at radius 1 is 1.40 bits per heavy atom. The first kappa shape index (κ1) is 17.0. The van der Waals surface area contributed by atoms with E-state index in [2.05, 4.69) is 12.2 Å². The molecule has 2 atom stereocenters. The van der Waals surface area contributed by atoms with Gasteiger partial charge in [0.15, 0.2) is 0 Å². The van der Waals surface area contributed by atoms with Gasteiger partial charge in [-0.1, -0.05) is 27.2 Å². The van der Waals surface area contributed by atoms with Crippen molar-refractivity contribution in [3.05, 3.63) is 0 Å². The molecule has 1 rings (SSSR count). The van der Waals surface area contributed by atoms with Crippen LogP contribution >= 0.6 is 0 Å². The van der Waals surface area contributed by atoms with Crippen LogP contribution in [0.2, 0.25) is 0 Å². The largest absolute Gasteiger partial charge is 0.375 e. The summed E-state index contributed by atoms with van der Waals surface area (Å²) in [6.07, 6.45) is 3.36. The predicted octanol–water partition coefficient (Wildman–Crippen LogP) is 1.42. The number of hydrogen-bond acceptors (Lipinski definition) is 3. The number of nitrogens with one attached hydrogen (secondary N) is 1. The highest BCUT2D eigenvalue weighted by molar-refractivity contribution is 5.88. The molecule has 0 aromatic rings. The van der Waals surface area contributed by atoms with Gasteiger partial charge in [-0.05, 0) is 24.7 Å². The minimum Gasteiger partial charge on any atom is -0.375 e. The molecule has 1 aliphatic rings. The zero-order chi connectivity index (χ0) is 15.1. The lowest BCUT2D eigenvalue weighted by molar-refractivity contribution is -0.140. The standard InChI is InChI=1S/C15H28N2O3/c1-5-12-7-6-8-17(9-12)15(19)14(11(2)3)16-13(18)10-20-4/h11-12,14H,5-10H2,1-4H3,(H,16,18)/t12-,14-/m0/s1. The molecule has 0 unspecified atom stereocenters. The zero-order valence-corrected chi connectivity index (χ0v) is 13.1. The summed E-state index contributed by atoms with van der Waals surface area (Å²) in [5.74, 6) is 0.478. The minimum absolute atomic E-state index is 0.00587. The molecule has 0 radical (unpaired) electrons. The molecule has 1 N–H and O–H groups in total. The fraction of sp³-hybridized carbons (Fsp3) is 0.867. The third kappa shape index (κ3) is 4.78. The highest BCUT2D eigenvalue weighted by Gasteiger charge is 2.31. The van der Waals surface area contributed by atoms with Crippen LogP contribution in [0.15, 0.2) is 0 Å². The van der Waals surface area contributed by atoms with E-state index in [9.17, 15) is 9.59 Å². The normalized spacial score (nSPS) is 20.9. The maximum Gasteiger partial charge on any atom is 0.246 e. The number of carbonyl (C=O) groups excluding carboxylic acids is 2. The van der Waals surface area contributed by atoms with Gasteiger partial charge in [0.2, 0.25) is 11.8 Å². The summed E-state index contributed by atoms with van der Waals surface area (Å²) in [7, 11) is 1.47. The maximum atomic E-state index is 12.6. The first-order valence-corrected chi connectivity index (χ1v) is 7.56. The van der Waals surface area contributed by atoms with Crippen LogP contribution in [-0.2, 0) is 14.3 Å². The molecule has 5 nitrogen and oxygen atoms in total. The van der Waals surface area contributed by atoms with Crippen molar-refractivity contribution in [2.75, 3.05) is 26.8 Å². The van der Waals surface area contributed by atoms with Crippen molar-refractivity contribution in [1.29, 1.82) is 0 Å². The Kier molecular flexibility index (Phi) is 6.99. The number of piperidine rings is 1. The quantitative estimate of drug-likeness (QED) is 0.802. The molecule has 1 heterocycles. The SMILES string of the molecule is CC[C@H]1CCCN(C(=O)[C@@H](NC(=O)COC)C(C)C)C1. The summed E-state index contributed by atoms with van der Waals surface area (Å²) in [5.41, 5.74) is 0. The minimum atomic E-state index is -0.451. The average molecular weight is 284 g/mol. The third-order valence-corrected chi connectivity index (χ3v) is 3.93. The van der Waals surface area contributed by atoms with E-state index in [1.807, 2.05) is 18.7 Å². The molecular weight excluding hydrogens is 256 g/mol. The molecular formula is C15H28N2O3. The van der Waals surface area contributed by atoms with Crippen LogP contribution in [0.1, 0.15) is 40.0 Å². The van der Waals surface area contributed by atoms with Gasteiger partial charge in [-0.15, -0.1) is 0 Å². The lowest BCUT2D eigenvalue weighted by Gasteiger charge is -2.35. The van der Waals surface area contributed by atoms with Crippen LogP contribution in [0.3, 0.4) is 0 Å². The highest BCUT2D eigenvalue weighted by atomic mass is 16.5. The van der Waals surface area contributed by atoms with Crippen LogP contribution in [0.25, 0.3) is 0 Å². The van der Waals surface area contributed by atoms with Crippen molar-refractivity contribution >= 4 is 11.8 Å². The second-order valence-electron chi connectivity index (χ2n) is 5.92. The highest BCUT2D eigenvalue weighted by Crippen LogP contribution is 2.20. The van der Waals surface area contributed by atoms with Crippen molar-refractivity contribution < 1.29 is 14.3 Å².